The molecule has 0 radical (unpaired) electrons. The molecule has 2 rings (SSSR count). The molecular weight excluding hydrogens is 455 g/mol. The standard InChI is InChI=1S/C20H34N4O2.HI/c1-6-21-20(22-13-15(2)24(4)17-10-11-17)23-14-16(3)26-19-9-7-8-18(12-19)25-5;/h7-9,12,15-17H,6,10-11,13-14H2,1-5H3,(H2,21,22,23);1H. The molecule has 6 nitrogen and oxygen atoms in total. The molecule has 27 heavy (non-hydrogen) atoms. The summed E-state index contributed by atoms with van der Waals surface area (Å²) in [5, 5.41) is 6.68. The topological polar surface area (TPSA) is 58.1 Å². The maximum Gasteiger partial charge on any atom is 0.191 e. The van der Waals surface area contributed by atoms with Crippen LogP contribution in [0.5, 0.6) is 11.5 Å². The zero-order valence-corrected chi connectivity index (χ0v) is 19.5. The first kappa shape index (κ1) is 23.8. The molecule has 2 N–H and O–H groups in total. The van der Waals surface area contributed by atoms with Crippen LogP contribution in [-0.2, 0) is 0 Å². The van der Waals surface area contributed by atoms with Crippen molar-refractivity contribution in [3.8, 4) is 11.5 Å². The van der Waals surface area contributed by atoms with Crippen molar-refractivity contribution in [2.45, 2.75) is 51.8 Å². The average Bonchev–Trinajstić information content (AvgIpc) is 3.48. The molecule has 0 saturated heterocycles. The fourth-order valence-corrected chi connectivity index (χ4v) is 2.72. The van der Waals surface area contributed by atoms with Gasteiger partial charge in [-0.05, 0) is 52.8 Å². The van der Waals surface area contributed by atoms with Gasteiger partial charge in [0.2, 0.25) is 0 Å². The maximum absolute atomic E-state index is 5.96. The van der Waals surface area contributed by atoms with Gasteiger partial charge in [-0.2, -0.15) is 0 Å². The van der Waals surface area contributed by atoms with E-state index in [2.05, 4.69) is 36.4 Å². The highest BCUT2D eigenvalue weighted by molar-refractivity contribution is 14.0. The largest absolute Gasteiger partial charge is 0.497 e. The van der Waals surface area contributed by atoms with Crippen molar-refractivity contribution in [2.24, 2.45) is 4.99 Å². The minimum atomic E-state index is 0. The lowest BCUT2D eigenvalue weighted by atomic mass is 10.3. The maximum atomic E-state index is 5.96. The van der Waals surface area contributed by atoms with Crippen LogP contribution in [0, 0.1) is 0 Å². The van der Waals surface area contributed by atoms with Crippen molar-refractivity contribution in [2.75, 3.05) is 33.8 Å². The third kappa shape index (κ3) is 8.55. The molecule has 0 aliphatic heterocycles. The summed E-state index contributed by atoms with van der Waals surface area (Å²) in [7, 11) is 3.85. The number of methoxy groups -OCH3 is 1. The second-order valence-corrected chi connectivity index (χ2v) is 6.95. The number of rotatable bonds is 10. The molecule has 0 spiro atoms. The van der Waals surface area contributed by atoms with Gasteiger partial charge in [0.1, 0.15) is 17.6 Å². The molecule has 0 bridgehead atoms. The van der Waals surface area contributed by atoms with Crippen molar-refractivity contribution in [1.82, 2.24) is 15.5 Å². The highest BCUT2D eigenvalue weighted by Gasteiger charge is 2.28. The summed E-state index contributed by atoms with van der Waals surface area (Å²) in [4.78, 5) is 7.16. The molecule has 0 aromatic heterocycles. The first-order valence-corrected chi connectivity index (χ1v) is 9.58. The smallest absolute Gasteiger partial charge is 0.191 e. The highest BCUT2D eigenvalue weighted by atomic mass is 127. The number of nitrogens with zero attached hydrogens (tertiary/aromatic N) is 2. The Kier molecular flexibility index (Phi) is 10.8. The Morgan fingerprint density at radius 3 is 2.59 bits per heavy atom. The number of hydrogen-bond donors (Lipinski definition) is 2. The van der Waals surface area contributed by atoms with E-state index in [4.69, 9.17) is 14.5 Å². The van der Waals surface area contributed by atoms with Gasteiger partial charge in [0.05, 0.1) is 20.2 Å². The average molecular weight is 490 g/mol. The zero-order chi connectivity index (χ0) is 18.9. The summed E-state index contributed by atoms with van der Waals surface area (Å²) in [5.74, 6) is 2.44. The van der Waals surface area contributed by atoms with Crippen LogP contribution in [0.15, 0.2) is 29.3 Å². The van der Waals surface area contributed by atoms with Gasteiger partial charge in [-0.15, -0.1) is 24.0 Å². The fraction of sp³-hybridized carbons (Fsp3) is 0.650. The van der Waals surface area contributed by atoms with E-state index in [0.717, 1.165) is 36.6 Å². The minimum absolute atomic E-state index is 0. The van der Waals surface area contributed by atoms with Crippen LogP contribution in [0.1, 0.15) is 33.6 Å². The van der Waals surface area contributed by atoms with Crippen LogP contribution in [0.3, 0.4) is 0 Å². The van der Waals surface area contributed by atoms with E-state index in [0.29, 0.717) is 12.6 Å². The second-order valence-electron chi connectivity index (χ2n) is 6.95. The Morgan fingerprint density at radius 1 is 1.26 bits per heavy atom. The first-order chi connectivity index (χ1) is 12.5. The second kappa shape index (κ2) is 12.3. The first-order valence-electron chi connectivity index (χ1n) is 9.58. The highest BCUT2D eigenvalue weighted by Crippen LogP contribution is 2.26. The number of likely N-dealkylation sites (N-methyl/N-ethyl adjacent to an activating group) is 1. The summed E-state index contributed by atoms with van der Waals surface area (Å²) in [6.07, 6.45) is 2.65. The number of hydrogen-bond acceptors (Lipinski definition) is 4. The number of benzene rings is 1. The number of aliphatic imine (C=N–C) groups is 1. The number of guanidine groups is 1. The molecule has 2 unspecified atom stereocenters. The van der Waals surface area contributed by atoms with Crippen LogP contribution in [0.4, 0.5) is 0 Å². The van der Waals surface area contributed by atoms with E-state index in [1.54, 1.807) is 7.11 Å². The number of nitrogens with one attached hydrogen (secondary N) is 2. The van der Waals surface area contributed by atoms with Crippen molar-refractivity contribution >= 4 is 29.9 Å². The molecule has 1 fully saturated rings. The summed E-state index contributed by atoms with van der Waals surface area (Å²) < 4.78 is 11.2. The Hall–Kier alpha value is -1.22. The predicted octanol–water partition coefficient (Wildman–Crippen LogP) is 3.12. The summed E-state index contributed by atoms with van der Waals surface area (Å²) in [6, 6.07) is 8.87. The van der Waals surface area contributed by atoms with Crippen LogP contribution in [0.2, 0.25) is 0 Å². The molecule has 1 aromatic carbocycles. The SMILES string of the molecule is CCNC(=NCC(C)N(C)C1CC1)NCC(C)Oc1cccc(OC)c1.I. The van der Waals surface area contributed by atoms with Crippen molar-refractivity contribution < 1.29 is 9.47 Å². The van der Waals surface area contributed by atoms with Gasteiger partial charge in [-0.1, -0.05) is 6.07 Å². The van der Waals surface area contributed by atoms with Crippen LogP contribution >= 0.6 is 24.0 Å². The molecule has 1 aliphatic carbocycles. The van der Waals surface area contributed by atoms with Gasteiger partial charge in [0.25, 0.3) is 0 Å². The van der Waals surface area contributed by atoms with Crippen LogP contribution in [-0.4, -0.2) is 62.8 Å². The van der Waals surface area contributed by atoms with E-state index in [1.165, 1.54) is 12.8 Å². The quantitative estimate of drug-likeness (QED) is 0.300. The molecule has 154 valence electrons. The van der Waals surface area contributed by atoms with Gasteiger partial charge in [-0.3, -0.25) is 9.89 Å². The predicted molar refractivity (Wildman–Crippen MR) is 123 cm³/mol. The minimum Gasteiger partial charge on any atom is -0.497 e. The van der Waals surface area contributed by atoms with Crippen molar-refractivity contribution in [1.29, 1.82) is 0 Å². The molecule has 7 heteroatoms. The monoisotopic (exact) mass is 490 g/mol. The molecule has 1 aliphatic rings. The molecule has 1 aromatic rings. The van der Waals surface area contributed by atoms with Crippen molar-refractivity contribution in [3.63, 3.8) is 0 Å². The lowest BCUT2D eigenvalue weighted by Crippen LogP contribution is -2.43. The number of halogens is 1. The zero-order valence-electron chi connectivity index (χ0n) is 17.2. The molecule has 0 heterocycles. The molecule has 0 amide bonds. The van der Waals surface area contributed by atoms with Gasteiger partial charge >= 0.3 is 0 Å². The summed E-state index contributed by atoms with van der Waals surface area (Å²) >= 11 is 0. The van der Waals surface area contributed by atoms with Gasteiger partial charge < -0.3 is 20.1 Å². The van der Waals surface area contributed by atoms with E-state index in [1.807, 2.05) is 31.2 Å². The Bertz CT molecular complexity index is 581. The lowest BCUT2D eigenvalue weighted by molar-refractivity contribution is 0.222. The van der Waals surface area contributed by atoms with Crippen LogP contribution in [0.25, 0.3) is 0 Å². The van der Waals surface area contributed by atoms with E-state index >= 15 is 0 Å². The summed E-state index contributed by atoms with van der Waals surface area (Å²) in [5.41, 5.74) is 0. The number of ether oxygens (including phenoxy) is 2. The molecular formula is C20H35IN4O2. The van der Waals surface area contributed by atoms with E-state index < -0.39 is 0 Å². The van der Waals surface area contributed by atoms with E-state index in [-0.39, 0.29) is 30.1 Å². The molecule has 1 saturated carbocycles. The third-order valence-corrected chi connectivity index (χ3v) is 4.61. The normalized spacial score (nSPS) is 16.3. The Morgan fingerprint density at radius 2 is 1.96 bits per heavy atom. The van der Waals surface area contributed by atoms with Gasteiger partial charge in [0.15, 0.2) is 5.96 Å². The van der Waals surface area contributed by atoms with Gasteiger partial charge in [0, 0.05) is 24.7 Å². The third-order valence-electron chi connectivity index (χ3n) is 4.61. The van der Waals surface area contributed by atoms with Crippen molar-refractivity contribution in [3.05, 3.63) is 24.3 Å². The lowest BCUT2D eigenvalue weighted by Gasteiger charge is -2.23. The van der Waals surface area contributed by atoms with E-state index in [9.17, 15) is 0 Å². The van der Waals surface area contributed by atoms with Crippen LogP contribution < -0.4 is 20.1 Å². The van der Waals surface area contributed by atoms with Gasteiger partial charge in [-0.25, -0.2) is 0 Å². The Balaban J connectivity index is 0.00000364. The summed E-state index contributed by atoms with van der Waals surface area (Å²) in [6.45, 7) is 8.65. The molecule has 2 atom stereocenters. The Labute approximate surface area is 181 Å². The fourth-order valence-electron chi connectivity index (χ4n) is 2.72.